The molecular weight excluding hydrogens is 302 g/mol. The quantitative estimate of drug-likeness (QED) is 0.764. The summed E-state index contributed by atoms with van der Waals surface area (Å²) in [6.45, 7) is 5.87. The summed E-state index contributed by atoms with van der Waals surface area (Å²) in [7, 11) is 0. The highest BCUT2D eigenvalue weighted by Crippen LogP contribution is 2.23. The highest BCUT2D eigenvalue weighted by Gasteiger charge is 2.23. The van der Waals surface area contributed by atoms with Crippen LogP contribution < -0.4 is 4.90 Å². The number of rotatable bonds is 6. The zero-order chi connectivity index (χ0) is 16.1. The van der Waals surface area contributed by atoms with E-state index in [0.29, 0.717) is 11.8 Å². The molecule has 1 unspecified atom stereocenters. The van der Waals surface area contributed by atoms with Crippen molar-refractivity contribution in [1.82, 2.24) is 10.2 Å². The SMILES string of the molecule is CCCc1nnc(CN(C(=O)C(C)Cl)c2ccccc2C)o1. The molecule has 118 valence electrons. The maximum atomic E-state index is 12.4. The predicted molar refractivity (Wildman–Crippen MR) is 86.0 cm³/mol. The van der Waals surface area contributed by atoms with Crippen molar-refractivity contribution in [3.05, 3.63) is 41.6 Å². The molecule has 2 aromatic rings. The number of para-hydroxylation sites is 1. The summed E-state index contributed by atoms with van der Waals surface area (Å²) < 4.78 is 5.59. The molecule has 1 heterocycles. The predicted octanol–water partition coefficient (Wildman–Crippen LogP) is 3.49. The second kappa shape index (κ2) is 7.40. The van der Waals surface area contributed by atoms with Crippen molar-refractivity contribution in [3.8, 4) is 0 Å². The zero-order valence-corrected chi connectivity index (χ0v) is 13.8. The highest BCUT2D eigenvalue weighted by molar-refractivity contribution is 6.32. The van der Waals surface area contributed by atoms with Gasteiger partial charge in [0.15, 0.2) is 0 Å². The molecule has 0 fully saturated rings. The van der Waals surface area contributed by atoms with Crippen molar-refractivity contribution in [2.24, 2.45) is 0 Å². The number of alkyl halides is 1. The van der Waals surface area contributed by atoms with Crippen LogP contribution in [0, 0.1) is 6.92 Å². The number of anilines is 1. The lowest BCUT2D eigenvalue weighted by Crippen LogP contribution is -2.35. The lowest BCUT2D eigenvalue weighted by atomic mass is 10.1. The number of halogens is 1. The van der Waals surface area contributed by atoms with Crippen molar-refractivity contribution in [1.29, 1.82) is 0 Å². The minimum Gasteiger partial charge on any atom is -0.423 e. The first-order valence-electron chi connectivity index (χ1n) is 7.35. The fourth-order valence-corrected chi connectivity index (χ4v) is 2.28. The summed E-state index contributed by atoms with van der Waals surface area (Å²) >= 11 is 5.99. The van der Waals surface area contributed by atoms with E-state index in [2.05, 4.69) is 10.2 Å². The van der Waals surface area contributed by atoms with Gasteiger partial charge in [-0.3, -0.25) is 4.79 Å². The van der Waals surface area contributed by atoms with Gasteiger partial charge in [-0.25, -0.2) is 0 Å². The highest BCUT2D eigenvalue weighted by atomic mass is 35.5. The lowest BCUT2D eigenvalue weighted by molar-refractivity contribution is -0.118. The lowest BCUT2D eigenvalue weighted by Gasteiger charge is -2.24. The smallest absolute Gasteiger partial charge is 0.245 e. The monoisotopic (exact) mass is 321 g/mol. The maximum absolute atomic E-state index is 12.4. The number of aromatic nitrogens is 2. The Bertz CT molecular complexity index is 640. The van der Waals surface area contributed by atoms with Gasteiger partial charge < -0.3 is 9.32 Å². The molecule has 1 atom stereocenters. The molecule has 22 heavy (non-hydrogen) atoms. The average molecular weight is 322 g/mol. The second-order valence-electron chi connectivity index (χ2n) is 5.17. The van der Waals surface area contributed by atoms with Gasteiger partial charge in [-0.2, -0.15) is 0 Å². The fraction of sp³-hybridized carbons (Fsp3) is 0.438. The van der Waals surface area contributed by atoms with Crippen LogP contribution in [-0.4, -0.2) is 21.5 Å². The zero-order valence-electron chi connectivity index (χ0n) is 13.0. The van der Waals surface area contributed by atoms with Crippen molar-refractivity contribution in [2.75, 3.05) is 4.90 Å². The summed E-state index contributed by atoms with van der Waals surface area (Å²) in [5.41, 5.74) is 1.79. The number of hydrogen-bond acceptors (Lipinski definition) is 4. The van der Waals surface area contributed by atoms with Gasteiger partial charge in [0.2, 0.25) is 17.7 Å². The first kappa shape index (κ1) is 16.5. The minimum absolute atomic E-state index is 0.189. The summed E-state index contributed by atoms with van der Waals surface area (Å²) in [4.78, 5) is 14.0. The van der Waals surface area contributed by atoms with Crippen molar-refractivity contribution in [3.63, 3.8) is 0 Å². The molecule has 0 N–H and O–H groups in total. The number of carbonyl (C=O) groups is 1. The van der Waals surface area contributed by atoms with Gasteiger partial charge in [0.1, 0.15) is 11.9 Å². The Balaban J connectivity index is 2.28. The normalized spacial score (nSPS) is 12.2. The van der Waals surface area contributed by atoms with Gasteiger partial charge in [-0.05, 0) is 31.9 Å². The molecule has 1 aromatic heterocycles. The van der Waals surface area contributed by atoms with Gasteiger partial charge in [-0.15, -0.1) is 21.8 Å². The van der Waals surface area contributed by atoms with Gasteiger partial charge in [0.25, 0.3) is 0 Å². The number of carbonyl (C=O) groups excluding carboxylic acids is 1. The average Bonchev–Trinajstić information content (AvgIpc) is 2.93. The molecule has 1 aromatic carbocycles. The Morgan fingerprint density at radius 1 is 1.32 bits per heavy atom. The fourth-order valence-electron chi connectivity index (χ4n) is 2.17. The molecule has 0 bridgehead atoms. The van der Waals surface area contributed by atoms with Crippen LogP contribution in [0.1, 0.15) is 37.6 Å². The minimum atomic E-state index is -0.627. The third-order valence-electron chi connectivity index (χ3n) is 3.28. The number of nitrogens with zero attached hydrogens (tertiary/aromatic N) is 3. The molecule has 0 spiro atoms. The summed E-state index contributed by atoms with van der Waals surface area (Å²) in [6, 6.07) is 7.65. The van der Waals surface area contributed by atoms with E-state index in [1.165, 1.54) is 0 Å². The van der Waals surface area contributed by atoms with E-state index < -0.39 is 5.38 Å². The molecule has 6 heteroatoms. The van der Waals surface area contributed by atoms with Gasteiger partial charge in [0.05, 0.1) is 0 Å². The van der Waals surface area contributed by atoms with Crippen LogP contribution >= 0.6 is 11.6 Å². The second-order valence-corrected chi connectivity index (χ2v) is 5.82. The van der Waals surface area contributed by atoms with Gasteiger partial charge >= 0.3 is 0 Å². The van der Waals surface area contributed by atoms with E-state index in [1.54, 1.807) is 11.8 Å². The molecule has 0 aliphatic rings. The van der Waals surface area contributed by atoms with E-state index in [4.69, 9.17) is 16.0 Å². The van der Waals surface area contributed by atoms with Crippen molar-refractivity contribution < 1.29 is 9.21 Å². The van der Waals surface area contributed by atoms with Crippen LogP contribution in [0.2, 0.25) is 0 Å². The molecular formula is C16H20ClN3O2. The summed E-state index contributed by atoms with van der Waals surface area (Å²) in [6.07, 6.45) is 1.66. The van der Waals surface area contributed by atoms with Gasteiger partial charge in [0, 0.05) is 12.1 Å². The standard InChI is InChI=1S/C16H20ClN3O2/c1-4-7-14-18-19-15(22-14)10-20(16(21)12(3)17)13-9-6-5-8-11(13)2/h5-6,8-9,12H,4,7,10H2,1-3H3. The van der Waals surface area contributed by atoms with E-state index in [1.807, 2.05) is 38.1 Å². The van der Waals surface area contributed by atoms with Crippen LogP contribution in [0.15, 0.2) is 28.7 Å². The first-order chi connectivity index (χ1) is 10.5. The van der Waals surface area contributed by atoms with Crippen LogP contribution in [-0.2, 0) is 17.8 Å². The molecule has 5 nitrogen and oxygen atoms in total. The van der Waals surface area contributed by atoms with Crippen molar-refractivity contribution in [2.45, 2.75) is 45.5 Å². The largest absolute Gasteiger partial charge is 0.423 e. The summed E-state index contributed by atoms with van der Waals surface area (Å²) in [5.74, 6) is 0.817. The Morgan fingerprint density at radius 3 is 2.64 bits per heavy atom. The number of hydrogen-bond donors (Lipinski definition) is 0. The number of amides is 1. The molecule has 2 rings (SSSR count). The number of benzene rings is 1. The van der Waals surface area contributed by atoms with Crippen LogP contribution in [0.25, 0.3) is 0 Å². The Morgan fingerprint density at radius 2 is 2.00 bits per heavy atom. The van der Waals surface area contributed by atoms with Gasteiger partial charge in [-0.1, -0.05) is 25.1 Å². The molecule has 0 radical (unpaired) electrons. The van der Waals surface area contributed by atoms with E-state index >= 15 is 0 Å². The molecule has 0 saturated carbocycles. The van der Waals surface area contributed by atoms with Crippen LogP contribution in [0.4, 0.5) is 5.69 Å². The topological polar surface area (TPSA) is 59.2 Å². The Labute approximate surface area is 135 Å². The molecule has 0 aliphatic carbocycles. The Kier molecular flexibility index (Phi) is 5.55. The van der Waals surface area contributed by atoms with Crippen LogP contribution in [0.5, 0.6) is 0 Å². The van der Waals surface area contributed by atoms with E-state index in [9.17, 15) is 4.79 Å². The van der Waals surface area contributed by atoms with E-state index in [-0.39, 0.29) is 12.5 Å². The van der Waals surface area contributed by atoms with Crippen molar-refractivity contribution >= 4 is 23.2 Å². The van der Waals surface area contributed by atoms with E-state index in [0.717, 1.165) is 24.1 Å². The molecule has 0 aliphatic heterocycles. The maximum Gasteiger partial charge on any atom is 0.245 e. The van der Waals surface area contributed by atoms with Crippen LogP contribution in [0.3, 0.4) is 0 Å². The molecule has 0 saturated heterocycles. The molecule has 1 amide bonds. The Hall–Kier alpha value is -1.88. The number of aryl methyl sites for hydroxylation is 2. The summed E-state index contributed by atoms with van der Waals surface area (Å²) in [5, 5.41) is 7.38. The first-order valence-corrected chi connectivity index (χ1v) is 7.79. The third-order valence-corrected chi connectivity index (χ3v) is 3.47. The third kappa shape index (κ3) is 3.85.